The summed E-state index contributed by atoms with van der Waals surface area (Å²) in [6.45, 7) is 8.31. The number of aliphatic hydroxyl groups excluding tert-OH is 5. The molecule has 0 aromatic heterocycles. The third-order valence-corrected chi connectivity index (χ3v) is 1.60. The Morgan fingerprint density at radius 2 is 1.20 bits per heavy atom. The molecule has 148 valence electrons. The second kappa shape index (κ2) is 20.1. The molecule has 0 aromatic rings. The minimum Gasteiger partial charge on any atom is -0.478 e. The number of rotatable bonds is 6. The molecule has 25 heavy (non-hydrogen) atoms. The molecule has 10 nitrogen and oxygen atoms in total. The van der Waals surface area contributed by atoms with Gasteiger partial charge in [0.1, 0.15) is 36.0 Å². The number of hydrogen-bond donors (Lipinski definition) is 6. The molecule has 10 heteroatoms. The van der Waals surface area contributed by atoms with Gasteiger partial charge in [0.2, 0.25) is 0 Å². The lowest BCUT2D eigenvalue weighted by Gasteiger charge is -2.22. The van der Waals surface area contributed by atoms with E-state index in [1.54, 1.807) is 0 Å². The molecule has 0 spiro atoms. The predicted octanol–water partition coefficient (Wildman–Crippen LogP) is -1.93. The number of hydrogen-bond acceptors (Lipinski definition) is 9. The zero-order valence-electron chi connectivity index (χ0n) is 14.7. The fraction of sp³-hybridized carbons (Fsp3) is 0.600. The molecule has 0 aromatic carbocycles. The quantitative estimate of drug-likeness (QED) is 0.227. The topological polar surface area (TPSA) is 190 Å². The Balaban J connectivity index is -0.000000140. The number of carbonyl (C=O) groups is 4. The van der Waals surface area contributed by atoms with Gasteiger partial charge in [-0.05, 0) is 27.7 Å². The van der Waals surface area contributed by atoms with E-state index in [1.165, 1.54) is 27.7 Å². The van der Waals surface area contributed by atoms with Crippen molar-refractivity contribution in [3.8, 4) is 0 Å². The van der Waals surface area contributed by atoms with Crippen molar-refractivity contribution in [1.29, 1.82) is 0 Å². The van der Waals surface area contributed by atoms with Crippen molar-refractivity contribution in [1.82, 2.24) is 0 Å². The molecule has 6 N–H and O–H groups in total. The maximum Gasteiger partial charge on any atom is 0.327 e. The van der Waals surface area contributed by atoms with E-state index < -0.39 is 37.0 Å². The van der Waals surface area contributed by atoms with Crippen LogP contribution in [-0.2, 0) is 19.2 Å². The number of aldehydes is 1. The summed E-state index contributed by atoms with van der Waals surface area (Å²) in [4.78, 5) is 38.0. The number of aliphatic hydroxyl groups is 5. The first-order valence-corrected chi connectivity index (χ1v) is 6.86. The lowest BCUT2D eigenvalue weighted by Crippen LogP contribution is -2.46. The maximum absolute atomic E-state index is 9.90. The van der Waals surface area contributed by atoms with Gasteiger partial charge in [0.15, 0.2) is 6.29 Å². The number of Topliss-reactive ketones (excluding diaryl/α,β-unsaturated/α-hetero) is 2. The zero-order chi connectivity index (χ0) is 21.2. The van der Waals surface area contributed by atoms with Gasteiger partial charge in [0, 0.05) is 6.08 Å². The summed E-state index contributed by atoms with van der Waals surface area (Å²) >= 11 is 0. The molecule has 0 aliphatic carbocycles. The summed E-state index contributed by atoms with van der Waals surface area (Å²) in [7, 11) is 0. The highest BCUT2D eigenvalue weighted by Gasteiger charge is 2.29. The molecule has 0 heterocycles. The van der Waals surface area contributed by atoms with Crippen molar-refractivity contribution in [2.24, 2.45) is 0 Å². The van der Waals surface area contributed by atoms with E-state index in [0.29, 0.717) is 0 Å². The molecule has 0 bridgehead atoms. The Labute approximate surface area is 146 Å². The van der Waals surface area contributed by atoms with Crippen LogP contribution in [0.1, 0.15) is 27.7 Å². The summed E-state index contributed by atoms with van der Waals surface area (Å²) < 4.78 is 0. The van der Waals surface area contributed by atoms with Crippen molar-refractivity contribution in [2.45, 2.75) is 52.1 Å². The summed E-state index contributed by atoms with van der Waals surface area (Å²) in [6, 6.07) is 0. The molecule has 0 aliphatic heterocycles. The average Bonchev–Trinajstić information content (AvgIpc) is 2.51. The van der Waals surface area contributed by atoms with E-state index in [0.717, 1.165) is 6.08 Å². The van der Waals surface area contributed by atoms with Crippen LogP contribution in [0.15, 0.2) is 12.7 Å². The molecule has 0 aliphatic rings. The first-order valence-electron chi connectivity index (χ1n) is 6.86. The highest BCUT2D eigenvalue weighted by molar-refractivity contribution is 5.78. The van der Waals surface area contributed by atoms with E-state index in [1.807, 2.05) is 0 Å². The number of ketones is 2. The van der Waals surface area contributed by atoms with Crippen LogP contribution in [0.5, 0.6) is 0 Å². The highest BCUT2D eigenvalue weighted by atomic mass is 16.4. The Kier molecular flexibility index (Phi) is 24.8. The molecule has 0 radical (unpaired) electrons. The molecule has 0 rings (SSSR count). The van der Waals surface area contributed by atoms with Gasteiger partial charge in [-0.2, -0.15) is 0 Å². The summed E-state index contributed by atoms with van der Waals surface area (Å²) in [5.74, 6) is -0.648. The van der Waals surface area contributed by atoms with Gasteiger partial charge in [0.25, 0.3) is 0 Å². The van der Waals surface area contributed by atoms with E-state index in [-0.39, 0.29) is 17.9 Å². The minimum absolute atomic E-state index is 0.0258. The first kappa shape index (κ1) is 30.9. The minimum atomic E-state index is -1.79. The Morgan fingerprint density at radius 1 is 0.920 bits per heavy atom. The van der Waals surface area contributed by atoms with Crippen molar-refractivity contribution < 1.29 is 49.8 Å². The molecule has 0 saturated carbocycles. The van der Waals surface area contributed by atoms with Crippen molar-refractivity contribution in [3.63, 3.8) is 0 Å². The van der Waals surface area contributed by atoms with E-state index in [4.69, 9.17) is 30.6 Å². The summed E-state index contributed by atoms with van der Waals surface area (Å²) in [5.41, 5.74) is 0. The van der Waals surface area contributed by atoms with Crippen LogP contribution in [-0.4, -0.2) is 85.5 Å². The molecular formula is C15H28O10. The van der Waals surface area contributed by atoms with Crippen LogP contribution in [0, 0.1) is 0 Å². The molecular weight excluding hydrogens is 340 g/mol. The largest absolute Gasteiger partial charge is 0.478 e. The van der Waals surface area contributed by atoms with Gasteiger partial charge >= 0.3 is 5.97 Å². The Morgan fingerprint density at radius 3 is 1.36 bits per heavy atom. The maximum atomic E-state index is 9.90. The number of aliphatic carboxylic acids is 1. The molecule has 0 fully saturated rings. The average molecular weight is 368 g/mol. The van der Waals surface area contributed by atoms with Gasteiger partial charge < -0.3 is 45.0 Å². The molecule has 0 saturated heterocycles. The molecule has 4 unspecified atom stereocenters. The van der Waals surface area contributed by atoms with E-state index in [9.17, 15) is 19.2 Å². The van der Waals surface area contributed by atoms with E-state index >= 15 is 0 Å². The highest BCUT2D eigenvalue weighted by Crippen LogP contribution is 2.02. The fourth-order valence-corrected chi connectivity index (χ4v) is 0.618. The number of carboxylic acid groups (broad SMARTS) is 1. The Hall–Kier alpha value is -1.98. The monoisotopic (exact) mass is 368 g/mol. The standard InChI is InChI=1S/C6H12O6.C3H4O2.2C3H6O/c7-1-3(9)5(11)6(12)4(10)2-8;1-2-3(4)5;2*1-3(2)4/h1,3-6,8-12H,2H2;2H,1H2,(H,4,5);2*1-2H3. The van der Waals surface area contributed by atoms with Crippen molar-refractivity contribution in [3.05, 3.63) is 12.7 Å². The molecule has 4 atom stereocenters. The van der Waals surface area contributed by atoms with Gasteiger partial charge in [-0.1, -0.05) is 6.58 Å². The Bertz CT molecular complexity index is 374. The molecule has 0 amide bonds. The van der Waals surface area contributed by atoms with Gasteiger partial charge in [-0.3, -0.25) is 0 Å². The predicted molar refractivity (Wildman–Crippen MR) is 87.7 cm³/mol. The second-order valence-corrected chi connectivity index (χ2v) is 4.72. The van der Waals surface area contributed by atoms with Gasteiger partial charge in [-0.15, -0.1) is 0 Å². The van der Waals surface area contributed by atoms with Crippen molar-refractivity contribution in [2.75, 3.05) is 6.61 Å². The van der Waals surface area contributed by atoms with Crippen molar-refractivity contribution >= 4 is 23.8 Å². The second-order valence-electron chi connectivity index (χ2n) is 4.72. The summed E-state index contributed by atoms with van der Waals surface area (Å²) in [5, 5.41) is 51.1. The van der Waals surface area contributed by atoms with Gasteiger partial charge in [-0.25, -0.2) is 4.79 Å². The normalized spacial score (nSPS) is 13.5. The summed E-state index contributed by atoms with van der Waals surface area (Å²) in [6.07, 6.45) is -6.01. The zero-order valence-corrected chi connectivity index (χ0v) is 14.7. The van der Waals surface area contributed by atoms with Crippen LogP contribution in [0.2, 0.25) is 0 Å². The first-order chi connectivity index (χ1) is 11.3. The fourth-order valence-electron chi connectivity index (χ4n) is 0.618. The van der Waals surface area contributed by atoms with Crippen LogP contribution in [0.3, 0.4) is 0 Å². The number of carboxylic acids is 1. The van der Waals surface area contributed by atoms with Crippen LogP contribution >= 0.6 is 0 Å². The van der Waals surface area contributed by atoms with Gasteiger partial charge in [0.05, 0.1) is 6.61 Å². The third kappa shape index (κ3) is 34.4. The van der Waals surface area contributed by atoms with Crippen LogP contribution in [0.4, 0.5) is 0 Å². The van der Waals surface area contributed by atoms with Crippen LogP contribution < -0.4 is 0 Å². The van der Waals surface area contributed by atoms with Crippen LogP contribution in [0.25, 0.3) is 0 Å². The lowest BCUT2D eigenvalue weighted by atomic mass is 10.0. The smallest absolute Gasteiger partial charge is 0.327 e. The number of carbonyl (C=O) groups excluding carboxylic acids is 3. The SMILES string of the molecule is C=CC(=O)O.CC(C)=O.CC(C)=O.O=CC(O)C(O)C(O)C(O)CO. The third-order valence-electron chi connectivity index (χ3n) is 1.60. The lowest BCUT2D eigenvalue weighted by molar-refractivity contribution is -0.136. The van der Waals surface area contributed by atoms with E-state index in [2.05, 4.69) is 6.58 Å².